The first kappa shape index (κ1) is 21.0. The zero-order valence-corrected chi connectivity index (χ0v) is 16.9. The van der Waals surface area contributed by atoms with E-state index < -0.39 is 0 Å². The highest BCUT2D eigenvalue weighted by molar-refractivity contribution is 5.97. The normalized spacial score (nSPS) is 15.8. The molecular formula is C23H27FN2O3. The van der Waals surface area contributed by atoms with E-state index in [-0.39, 0.29) is 23.4 Å². The highest BCUT2D eigenvalue weighted by Crippen LogP contribution is 2.15. The number of amides is 1. The molecule has 0 N–H and O–H groups in total. The number of piperazine rings is 1. The second kappa shape index (κ2) is 9.65. The Kier molecular flexibility index (Phi) is 6.99. The molecule has 1 heterocycles. The number of hydrogen-bond acceptors (Lipinski definition) is 4. The molecule has 2 aromatic rings. The minimum absolute atomic E-state index is 0.0668. The van der Waals surface area contributed by atoms with E-state index in [2.05, 4.69) is 4.90 Å². The van der Waals surface area contributed by atoms with Crippen molar-refractivity contribution in [3.63, 3.8) is 0 Å². The van der Waals surface area contributed by atoms with Gasteiger partial charge in [0.2, 0.25) is 5.91 Å². The Morgan fingerprint density at radius 3 is 2.21 bits per heavy atom. The zero-order valence-electron chi connectivity index (χ0n) is 16.9. The fourth-order valence-electron chi connectivity index (χ4n) is 3.57. The van der Waals surface area contributed by atoms with Gasteiger partial charge in [-0.3, -0.25) is 14.5 Å². The van der Waals surface area contributed by atoms with Crippen LogP contribution in [0.2, 0.25) is 0 Å². The number of Topliss-reactive ketones (excluding diaryl/α,β-unsaturated/α-hetero) is 1. The Hall–Kier alpha value is -2.73. The van der Waals surface area contributed by atoms with Gasteiger partial charge in [0.05, 0.1) is 13.7 Å². The fourth-order valence-corrected chi connectivity index (χ4v) is 3.57. The number of methoxy groups -OCH3 is 1. The minimum atomic E-state index is -0.270. The molecular weight excluding hydrogens is 371 g/mol. The van der Waals surface area contributed by atoms with Crippen LogP contribution in [0.3, 0.4) is 0 Å². The van der Waals surface area contributed by atoms with Crippen LogP contribution in [0.15, 0.2) is 48.5 Å². The summed E-state index contributed by atoms with van der Waals surface area (Å²) < 4.78 is 18.2. The summed E-state index contributed by atoms with van der Waals surface area (Å²) in [6.07, 6.45) is 0.593. The summed E-state index contributed by atoms with van der Waals surface area (Å²) in [6, 6.07) is 13.4. The van der Waals surface area contributed by atoms with Crippen molar-refractivity contribution >= 4 is 11.7 Å². The van der Waals surface area contributed by atoms with Gasteiger partial charge in [0.1, 0.15) is 11.6 Å². The molecule has 0 radical (unpaired) electrons. The van der Waals surface area contributed by atoms with Crippen molar-refractivity contribution in [1.29, 1.82) is 0 Å². The summed E-state index contributed by atoms with van der Waals surface area (Å²) in [5.74, 6) is 0.469. The first-order valence-corrected chi connectivity index (χ1v) is 9.89. The first-order chi connectivity index (χ1) is 14.0. The molecule has 154 valence electrons. The van der Waals surface area contributed by atoms with Gasteiger partial charge < -0.3 is 9.64 Å². The van der Waals surface area contributed by atoms with E-state index in [0.717, 1.165) is 11.3 Å². The molecule has 1 saturated heterocycles. The molecule has 1 amide bonds. The Balaban J connectivity index is 1.47. The molecule has 1 aliphatic heterocycles. The molecule has 0 spiro atoms. The molecule has 29 heavy (non-hydrogen) atoms. The van der Waals surface area contributed by atoms with Crippen LogP contribution in [0.1, 0.15) is 22.8 Å². The Morgan fingerprint density at radius 1 is 1.00 bits per heavy atom. The number of benzene rings is 2. The molecule has 3 rings (SSSR count). The fraction of sp³-hybridized carbons (Fsp3) is 0.391. The first-order valence-electron chi connectivity index (χ1n) is 9.89. The Morgan fingerprint density at radius 2 is 1.62 bits per heavy atom. The van der Waals surface area contributed by atoms with Gasteiger partial charge in [0.15, 0.2) is 5.78 Å². The minimum Gasteiger partial charge on any atom is -0.497 e. The summed E-state index contributed by atoms with van der Waals surface area (Å²) in [4.78, 5) is 29.2. The predicted octanol–water partition coefficient (Wildman–Crippen LogP) is 3.04. The molecule has 1 fully saturated rings. The lowest BCUT2D eigenvalue weighted by Crippen LogP contribution is -2.51. The van der Waals surface area contributed by atoms with Gasteiger partial charge >= 0.3 is 0 Å². The van der Waals surface area contributed by atoms with Crippen LogP contribution in [0.5, 0.6) is 5.75 Å². The predicted molar refractivity (Wildman–Crippen MR) is 110 cm³/mol. The van der Waals surface area contributed by atoms with Gasteiger partial charge in [-0.25, -0.2) is 4.39 Å². The standard InChI is InChI=1S/C23H27FN2O3/c1-17(15-18-3-7-20(24)8-4-18)23(28)26-13-11-25(12-14-26)16-22(27)19-5-9-21(29-2)10-6-19/h3-10,17H,11-16H2,1-2H3. The quantitative estimate of drug-likeness (QED) is 0.673. The van der Waals surface area contributed by atoms with E-state index in [0.29, 0.717) is 44.7 Å². The van der Waals surface area contributed by atoms with Crippen molar-refractivity contribution in [2.45, 2.75) is 13.3 Å². The van der Waals surface area contributed by atoms with Gasteiger partial charge in [-0.2, -0.15) is 0 Å². The maximum absolute atomic E-state index is 13.0. The van der Waals surface area contributed by atoms with Crippen LogP contribution in [-0.2, 0) is 11.2 Å². The van der Waals surface area contributed by atoms with Crippen LogP contribution in [0, 0.1) is 11.7 Å². The van der Waals surface area contributed by atoms with Crippen LogP contribution in [0.25, 0.3) is 0 Å². The van der Waals surface area contributed by atoms with Crippen molar-refractivity contribution in [2.75, 3.05) is 39.8 Å². The SMILES string of the molecule is COc1ccc(C(=O)CN2CCN(C(=O)C(C)Cc3ccc(F)cc3)CC2)cc1. The molecule has 1 atom stereocenters. The van der Waals surface area contributed by atoms with Gasteiger partial charge in [0, 0.05) is 37.7 Å². The van der Waals surface area contributed by atoms with E-state index in [9.17, 15) is 14.0 Å². The van der Waals surface area contributed by atoms with Crippen molar-refractivity contribution in [2.24, 2.45) is 5.92 Å². The van der Waals surface area contributed by atoms with Gasteiger partial charge in [0.25, 0.3) is 0 Å². The number of nitrogens with zero attached hydrogens (tertiary/aromatic N) is 2. The lowest BCUT2D eigenvalue weighted by atomic mass is 9.99. The highest BCUT2D eigenvalue weighted by atomic mass is 19.1. The third-order valence-electron chi connectivity index (χ3n) is 5.34. The average molecular weight is 398 g/mol. The number of ketones is 1. The lowest BCUT2D eigenvalue weighted by molar-refractivity contribution is -0.136. The van der Waals surface area contributed by atoms with Crippen molar-refractivity contribution < 1.29 is 18.7 Å². The second-order valence-electron chi connectivity index (χ2n) is 7.48. The smallest absolute Gasteiger partial charge is 0.225 e. The zero-order chi connectivity index (χ0) is 20.8. The average Bonchev–Trinajstić information content (AvgIpc) is 2.75. The number of carbonyl (C=O) groups excluding carboxylic acids is 2. The largest absolute Gasteiger partial charge is 0.497 e. The maximum Gasteiger partial charge on any atom is 0.225 e. The molecule has 1 unspecified atom stereocenters. The summed E-state index contributed by atoms with van der Waals surface area (Å²) in [7, 11) is 1.60. The summed E-state index contributed by atoms with van der Waals surface area (Å²) >= 11 is 0. The van der Waals surface area contributed by atoms with E-state index in [4.69, 9.17) is 4.74 Å². The van der Waals surface area contributed by atoms with Crippen LogP contribution in [0.4, 0.5) is 4.39 Å². The van der Waals surface area contributed by atoms with E-state index >= 15 is 0 Å². The van der Waals surface area contributed by atoms with Gasteiger partial charge in [-0.1, -0.05) is 19.1 Å². The topological polar surface area (TPSA) is 49.9 Å². The monoisotopic (exact) mass is 398 g/mol. The van der Waals surface area contributed by atoms with Crippen LogP contribution in [-0.4, -0.2) is 61.3 Å². The maximum atomic E-state index is 13.0. The molecule has 6 heteroatoms. The molecule has 0 saturated carbocycles. The number of hydrogen-bond donors (Lipinski definition) is 0. The van der Waals surface area contributed by atoms with Crippen molar-refractivity contribution in [3.8, 4) is 5.75 Å². The Labute approximate surface area is 171 Å². The Bertz CT molecular complexity index is 828. The third-order valence-corrected chi connectivity index (χ3v) is 5.34. The van der Waals surface area contributed by atoms with Crippen molar-refractivity contribution in [1.82, 2.24) is 9.80 Å². The van der Waals surface area contributed by atoms with E-state index in [1.54, 1.807) is 43.5 Å². The van der Waals surface area contributed by atoms with Crippen molar-refractivity contribution in [3.05, 3.63) is 65.5 Å². The number of carbonyl (C=O) groups is 2. The molecule has 2 aromatic carbocycles. The highest BCUT2D eigenvalue weighted by Gasteiger charge is 2.26. The summed E-state index contributed by atoms with van der Waals surface area (Å²) in [6.45, 7) is 4.84. The number of rotatable bonds is 7. The molecule has 0 aliphatic carbocycles. The second-order valence-corrected chi connectivity index (χ2v) is 7.48. The van der Waals surface area contributed by atoms with E-state index in [1.807, 2.05) is 11.8 Å². The molecule has 0 bridgehead atoms. The summed E-state index contributed by atoms with van der Waals surface area (Å²) in [5, 5.41) is 0. The van der Waals surface area contributed by atoms with Crippen LogP contribution < -0.4 is 4.74 Å². The third kappa shape index (κ3) is 5.64. The van der Waals surface area contributed by atoms with Crippen LogP contribution >= 0.6 is 0 Å². The number of ether oxygens (including phenoxy) is 1. The number of halogens is 1. The van der Waals surface area contributed by atoms with Gasteiger partial charge in [-0.05, 0) is 48.4 Å². The molecule has 5 nitrogen and oxygen atoms in total. The lowest BCUT2D eigenvalue weighted by Gasteiger charge is -2.35. The van der Waals surface area contributed by atoms with Gasteiger partial charge in [-0.15, -0.1) is 0 Å². The summed E-state index contributed by atoms with van der Waals surface area (Å²) in [5.41, 5.74) is 1.62. The molecule has 1 aliphatic rings. The molecule has 0 aromatic heterocycles. The van der Waals surface area contributed by atoms with E-state index in [1.165, 1.54) is 12.1 Å².